The van der Waals surface area contributed by atoms with Crippen LogP contribution in [-0.2, 0) is 0 Å². The minimum absolute atomic E-state index is 0.0289. The van der Waals surface area contributed by atoms with Crippen molar-refractivity contribution in [3.8, 4) is 5.75 Å². The number of carbonyl (C=O) groups is 1. The summed E-state index contributed by atoms with van der Waals surface area (Å²) in [5, 5.41) is 0. The lowest BCUT2D eigenvalue weighted by Crippen LogP contribution is -2.22. The highest BCUT2D eigenvalue weighted by Crippen LogP contribution is 2.27. The molecule has 0 saturated heterocycles. The smallest absolute Gasteiger partial charge is 0.454 e. The standard InChI is InChI=1S/C12H14F3NO2/c1-2-3-6-18-10-5-4-8(7-9(10)16)11(17)12(13,14)15/h4-5,7H,2-3,6,16H2,1H3. The van der Waals surface area contributed by atoms with Gasteiger partial charge in [0.2, 0.25) is 0 Å². The van der Waals surface area contributed by atoms with Gasteiger partial charge in [-0.3, -0.25) is 4.79 Å². The SMILES string of the molecule is CCCCOc1ccc(C(=O)C(F)(F)F)cc1N. The molecular weight excluding hydrogens is 247 g/mol. The van der Waals surface area contributed by atoms with Gasteiger partial charge in [-0.15, -0.1) is 0 Å². The van der Waals surface area contributed by atoms with Crippen LogP contribution in [0.3, 0.4) is 0 Å². The van der Waals surface area contributed by atoms with Crippen LogP contribution in [0.1, 0.15) is 30.1 Å². The second-order valence-electron chi connectivity index (χ2n) is 3.78. The molecular formula is C12H14F3NO2. The molecule has 6 heteroatoms. The summed E-state index contributed by atoms with van der Waals surface area (Å²) in [6.45, 7) is 2.42. The molecule has 1 rings (SSSR count). The van der Waals surface area contributed by atoms with Gasteiger partial charge in [0.15, 0.2) is 0 Å². The van der Waals surface area contributed by atoms with Gasteiger partial charge in [-0.2, -0.15) is 13.2 Å². The zero-order valence-corrected chi connectivity index (χ0v) is 9.88. The van der Waals surface area contributed by atoms with E-state index >= 15 is 0 Å². The quantitative estimate of drug-likeness (QED) is 0.503. The molecule has 0 saturated carbocycles. The number of alkyl halides is 3. The second kappa shape index (κ2) is 5.75. The third kappa shape index (κ3) is 3.65. The van der Waals surface area contributed by atoms with Crippen LogP contribution in [0.25, 0.3) is 0 Å². The van der Waals surface area contributed by atoms with Crippen LogP contribution >= 0.6 is 0 Å². The van der Waals surface area contributed by atoms with E-state index in [4.69, 9.17) is 10.5 Å². The number of anilines is 1. The highest BCUT2D eigenvalue weighted by Gasteiger charge is 2.39. The first-order valence-electron chi connectivity index (χ1n) is 5.50. The third-order valence-corrected chi connectivity index (χ3v) is 2.28. The fourth-order valence-corrected chi connectivity index (χ4v) is 1.31. The van der Waals surface area contributed by atoms with E-state index in [-0.39, 0.29) is 5.69 Å². The number of hydrogen-bond acceptors (Lipinski definition) is 3. The summed E-state index contributed by atoms with van der Waals surface area (Å²) in [6.07, 6.45) is -3.13. The van der Waals surface area contributed by atoms with Crippen LogP contribution < -0.4 is 10.5 Å². The Labute approximate surface area is 103 Å². The number of rotatable bonds is 5. The van der Waals surface area contributed by atoms with Gasteiger partial charge in [-0.05, 0) is 24.6 Å². The van der Waals surface area contributed by atoms with E-state index in [0.29, 0.717) is 12.4 Å². The summed E-state index contributed by atoms with van der Waals surface area (Å²) in [4.78, 5) is 11.0. The van der Waals surface area contributed by atoms with Crippen LogP contribution in [0.2, 0.25) is 0 Å². The minimum atomic E-state index is -4.89. The van der Waals surface area contributed by atoms with E-state index in [9.17, 15) is 18.0 Å². The molecule has 0 aliphatic heterocycles. The average molecular weight is 261 g/mol. The van der Waals surface area contributed by atoms with E-state index in [2.05, 4.69) is 0 Å². The van der Waals surface area contributed by atoms with Gasteiger partial charge < -0.3 is 10.5 Å². The molecule has 0 aromatic heterocycles. The van der Waals surface area contributed by atoms with Crippen molar-refractivity contribution in [2.24, 2.45) is 0 Å². The van der Waals surface area contributed by atoms with Crippen molar-refractivity contribution in [1.29, 1.82) is 0 Å². The predicted octanol–water partition coefficient (Wildman–Crippen LogP) is 3.19. The number of carbonyl (C=O) groups excluding carboxylic acids is 1. The topological polar surface area (TPSA) is 52.3 Å². The van der Waals surface area contributed by atoms with Gasteiger partial charge in [0.1, 0.15) is 5.75 Å². The molecule has 100 valence electrons. The maximum absolute atomic E-state index is 12.2. The van der Waals surface area contributed by atoms with E-state index in [1.165, 1.54) is 6.07 Å². The first-order chi connectivity index (χ1) is 8.36. The molecule has 0 amide bonds. The first-order valence-corrected chi connectivity index (χ1v) is 5.50. The Morgan fingerprint density at radius 1 is 1.39 bits per heavy atom. The van der Waals surface area contributed by atoms with Gasteiger partial charge in [0.05, 0.1) is 12.3 Å². The molecule has 0 spiro atoms. The lowest BCUT2D eigenvalue weighted by atomic mass is 10.1. The Bertz CT molecular complexity index is 430. The van der Waals surface area contributed by atoms with Gasteiger partial charge in [0.25, 0.3) is 5.78 Å². The molecule has 0 unspecified atom stereocenters. The molecule has 2 N–H and O–H groups in total. The number of Topliss-reactive ketones (excluding diaryl/α,β-unsaturated/α-hetero) is 1. The van der Waals surface area contributed by atoms with E-state index < -0.39 is 17.5 Å². The fraction of sp³-hybridized carbons (Fsp3) is 0.417. The van der Waals surface area contributed by atoms with Crippen molar-refractivity contribution in [2.75, 3.05) is 12.3 Å². The van der Waals surface area contributed by atoms with Crippen LogP contribution in [0, 0.1) is 0 Å². The Balaban J connectivity index is 2.82. The number of hydrogen-bond donors (Lipinski definition) is 1. The van der Waals surface area contributed by atoms with Crippen molar-refractivity contribution in [3.05, 3.63) is 23.8 Å². The minimum Gasteiger partial charge on any atom is -0.491 e. The zero-order chi connectivity index (χ0) is 13.8. The molecule has 0 atom stereocenters. The first kappa shape index (κ1) is 14.3. The molecule has 0 aliphatic carbocycles. The Morgan fingerprint density at radius 3 is 2.56 bits per heavy atom. The maximum atomic E-state index is 12.2. The summed E-state index contributed by atoms with van der Waals surface area (Å²) >= 11 is 0. The van der Waals surface area contributed by atoms with Crippen LogP contribution in [-0.4, -0.2) is 18.6 Å². The lowest BCUT2D eigenvalue weighted by molar-refractivity contribution is -0.0885. The van der Waals surface area contributed by atoms with Gasteiger partial charge in [0, 0.05) is 5.56 Å². The van der Waals surface area contributed by atoms with Crippen molar-refractivity contribution in [3.63, 3.8) is 0 Å². The summed E-state index contributed by atoms with van der Waals surface area (Å²) < 4.78 is 41.9. The number of benzene rings is 1. The van der Waals surface area contributed by atoms with E-state index in [1.54, 1.807) is 0 Å². The van der Waals surface area contributed by atoms with Crippen LogP contribution in [0.15, 0.2) is 18.2 Å². The molecule has 1 aromatic carbocycles. The molecule has 3 nitrogen and oxygen atoms in total. The number of nitrogens with two attached hydrogens (primary N) is 1. The molecule has 0 radical (unpaired) electrons. The summed E-state index contributed by atoms with van der Waals surface area (Å²) in [6, 6.07) is 3.33. The van der Waals surface area contributed by atoms with Crippen molar-refractivity contribution in [2.45, 2.75) is 25.9 Å². The number of nitrogen functional groups attached to an aromatic ring is 1. The van der Waals surface area contributed by atoms with E-state index in [1.807, 2.05) is 6.92 Å². The molecule has 1 aromatic rings. The van der Waals surface area contributed by atoms with Gasteiger partial charge in [-0.25, -0.2) is 0 Å². The average Bonchev–Trinajstić information content (AvgIpc) is 2.29. The highest BCUT2D eigenvalue weighted by atomic mass is 19.4. The largest absolute Gasteiger partial charge is 0.491 e. The van der Waals surface area contributed by atoms with Crippen LogP contribution in [0.4, 0.5) is 18.9 Å². The molecule has 0 aliphatic rings. The molecule has 0 fully saturated rings. The number of unbranched alkanes of at least 4 members (excludes halogenated alkanes) is 1. The summed E-state index contributed by atoms with van der Waals surface area (Å²) in [5.41, 5.74) is 5.09. The van der Waals surface area contributed by atoms with E-state index in [0.717, 1.165) is 25.0 Å². The summed E-state index contributed by atoms with van der Waals surface area (Å²) in [5.74, 6) is -1.61. The molecule has 0 heterocycles. The predicted molar refractivity (Wildman–Crippen MR) is 61.6 cm³/mol. The van der Waals surface area contributed by atoms with Crippen LogP contribution in [0.5, 0.6) is 5.75 Å². The number of halogens is 3. The Morgan fingerprint density at radius 2 is 2.06 bits per heavy atom. The van der Waals surface area contributed by atoms with Crippen molar-refractivity contribution < 1.29 is 22.7 Å². The normalized spacial score (nSPS) is 11.3. The number of ketones is 1. The zero-order valence-electron chi connectivity index (χ0n) is 9.88. The van der Waals surface area contributed by atoms with Gasteiger partial charge >= 0.3 is 6.18 Å². The van der Waals surface area contributed by atoms with Gasteiger partial charge in [-0.1, -0.05) is 13.3 Å². The Kier molecular flexibility index (Phi) is 4.58. The Hall–Kier alpha value is -1.72. The third-order valence-electron chi connectivity index (χ3n) is 2.28. The highest BCUT2D eigenvalue weighted by molar-refractivity contribution is 6.01. The van der Waals surface area contributed by atoms with Crippen molar-refractivity contribution in [1.82, 2.24) is 0 Å². The second-order valence-corrected chi connectivity index (χ2v) is 3.78. The maximum Gasteiger partial charge on any atom is 0.454 e. The molecule has 0 bridgehead atoms. The fourth-order valence-electron chi connectivity index (χ4n) is 1.31. The number of ether oxygens (including phenoxy) is 1. The summed E-state index contributed by atoms with van der Waals surface area (Å²) in [7, 11) is 0. The lowest BCUT2D eigenvalue weighted by Gasteiger charge is -2.10. The van der Waals surface area contributed by atoms with Crippen molar-refractivity contribution >= 4 is 11.5 Å². The monoisotopic (exact) mass is 261 g/mol. The molecule has 18 heavy (non-hydrogen) atoms.